The highest BCUT2D eigenvalue weighted by molar-refractivity contribution is 5.96. The largest absolute Gasteiger partial charge is 0.573 e. The smallest absolute Gasteiger partial charge is 0.400 e. The number of aliphatic hydroxyl groups is 1. The zero-order chi connectivity index (χ0) is 28.7. The van der Waals surface area contributed by atoms with Crippen LogP contribution >= 0.6 is 0 Å². The number of halogens is 3. The molecule has 10 heteroatoms. The van der Waals surface area contributed by atoms with Crippen molar-refractivity contribution in [1.82, 2.24) is 10.2 Å². The first kappa shape index (κ1) is 27.4. The van der Waals surface area contributed by atoms with Crippen LogP contribution in [-0.4, -0.2) is 85.5 Å². The number of nitrogens with one attached hydrogen (secondary N) is 1. The van der Waals surface area contributed by atoms with E-state index in [2.05, 4.69) is 24.1 Å². The fourth-order valence-corrected chi connectivity index (χ4v) is 8.25. The summed E-state index contributed by atoms with van der Waals surface area (Å²) in [7, 11) is 8.34. The summed E-state index contributed by atoms with van der Waals surface area (Å²) in [6, 6.07) is 8.54. The Bertz CT molecular complexity index is 1300. The number of nitrogens with zero attached hydrogens (tertiary/aromatic N) is 2. The van der Waals surface area contributed by atoms with Gasteiger partial charge in [0.15, 0.2) is 11.5 Å². The van der Waals surface area contributed by atoms with Crippen LogP contribution in [0.4, 0.5) is 13.2 Å². The van der Waals surface area contributed by atoms with E-state index in [1.165, 1.54) is 0 Å². The summed E-state index contributed by atoms with van der Waals surface area (Å²) < 4.78 is 51.9. The van der Waals surface area contributed by atoms with E-state index in [9.17, 15) is 23.1 Å². The molecule has 5 aliphatic rings. The first-order valence-corrected chi connectivity index (χ1v) is 13.9. The topological polar surface area (TPSA) is 71.0 Å². The van der Waals surface area contributed by atoms with Crippen molar-refractivity contribution in [1.29, 1.82) is 0 Å². The summed E-state index contributed by atoms with van der Waals surface area (Å²) in [4.78, 5) is 15.4. The molecule has 2 N–H and O–H groups in total. The molecule has 7 nitrogen and oxygen atoms in total. The maximum atomic E-state index is 13.5. The molecule has 2 heterocycles. The van der Waals surface area contributed by atoms with Crippen molar-refractivity contribution in [3.63, 3.8) is 0 Å². The van der Waals surface area contributed by atoms with Crippen LogP contribution < -0.4 is 5.32 Å². The number of hydrogen-bond donors (Lipinski definition) is 2. The molecule has 40 heavy (non-hydrogen) atoms. The molecule has 0 aromatic heterocycles. The Balaban J connectivity index is 1.43. The maximum Gasteiger partial charge on any atom is 0.573 e. The fraction of sp³-hybridized carbons (Fsp3) is 0.567. The van der Waals surface area contributed by atoms with Gasteiger partial charge in [-0.1, -0.05) is 36.8 Å². The van der Waals surface area contributed by atoms with Gasteiger partial charge in [0.1, 0.15) is 6.10 Å². The zero-order valence-electron chi connectivity index (χ0n) is 23.3. The van der Waals surface area contributed by atoms with Crippen molar-refractivity contribution in [3.05, 3.63) is 64.6 Å². The van der Waals surface area contributed by atoms with Crippen LogP contribution in [-0.2, 0) is 14.3 Å². The zero-order valence-corrected chi connectivity index (χ0v) is 23.3. The predicted molar refractivity (Wildman–Crippen MR) is 142 cm³/mol. The van der Waals surface area contributed by atoms with E-state index < -0.39 is 29.9 Å². The van der Waals surface area contributed by atoms with Crippen molar-refractivity contribution in [2.75, 3.05) is 34.7 Å². The van der Waals surface area contributed by atoms with Gasteiger partial charge in [0, 0.05) is 44.0 Å². The first-order valence-electron chi connectivity index (χ1n) is 13.9. The number of likely N-dealkylation sites (tertiary alicyclic amines) is 1. The second-order valence-electron chi connectivity index (χ2n) is 12.7. The van der Waals surface area contributed by atoms with Crippen LogP contribution in [0.5, 0.6) is 0 Å². The molecule has 1 amide bonds. The summed E-state index contributed by atoms with van der Waals surface area (Å²) in [5, 5.41) is 14.7. The summed E-state index contributed by atoms with van der Waals surface area (Å²) >= 11 is 0. The van der Waals surface area contributed by atoms with E-state index in [4.69, 9.17) is 4.74 Å². The quantitative estimate of drug-likeness (QED) is 0.247. The van der Waals surface area contributed by atoms with Crippen LogP contribution in [0, 0.1) is 11.3 Å². The van der Waals surface area contributed by atoms with Crippen LogP contribution in [0.15, 0.2) is 59.0 Å². The number of carbonyl (C=O) groups excluding carboxylic acids is 1. The second kappa shape index (κ2) is 9.09. The molecule has 2 aliphatic heterocycles. The fourth-order valence-electron chi connectivity index (χ4n) is 8.25. The number of amides is 1. The van der Waals surface area contributed by atoms with Gasteiger partial charge in [-0.25, -0.2) is 0 Å². The van der Waals surface area contributed by atoms with Crippen LogP contribution in [0.1, 0.15) is 37.7 Å². The van der Waals surface area contributed by atoms with Gasteiger partial charge in [0.2, 0.25) is 0 Å². The number of allylic oxidation sites excluding steroid dienone is 1. The molecule has 3 aliphatic carbocycles. The van der Waals surface area contributed by atoms with Crippen molar-refractivity contribution in [2.45, 2.75) is 62.4 Å². The van der Waals surface area contributed by atoms with E-state index in [1.54, 1.807) is 36.4 Å². The second-order valence-corrected chi connectivity index (χ2v) is 12.7. The summed E-state index contributed by atoms with van der Waals surface area (Å²) in [6.45, 7) is 0.972. The minimum Gasteiger partial charge on any atom is -0.400 e. The Labute approximate surface area is 232 Å². The third kappa shape index (κ3) is 4.18. The van der Waals surface area contributed by atoms with Crippen molar-refractivity contribution in [2.24, 2.45) is 11.3 Å². The number of quaternary nitrogens is 1. The lowest BCUT2D eigenvalue weighted by Gasteiger charge is -2.61. The molecular formula is C30H37F3N3O4+. The SMILES string of the molecule is CN(C)C1=CC(O)(NC(=O)C(=Cc2ccccc2)OC(F)(F)F)C2O[C@H]3CCC[C@H]4[C@H]5CC1=C2[C@@]34CC[N+]5(C)C. The molecule has 0 radical (unpaired) electrons. The van der Waals surface area contributed by atoms with Crippen LogP contribution in [0.3, 0.4) is 0 Å². The number of likely N-dealkylation sites (N-methyl/N-ethyl adjacent to an activating group) is 1. The molecule has 1 aromatic carbocycles. The van der Waals surface area contributed by atoms with E-state index >= 15 is 0 Å². The van der Waals surface area contributed by atoms with Gasteiger partial charge in [-0.2, -0.15) is 0 Å². The number of benzene rings is 1. The Morgan fingerprint density at radius 2 is 1.95 bits per heavy atom. The molecule has 3 fully saturated rings. The van der Waals surface area contributed by atoms with Crippen LogP contribution in [0.2, 0.25) is 0 Å². The molecule has 1 saturated carbocycles. The van der Waals surface area contributed by atoms with Gasteiger partial charge < -0.3 is 29.3 Å². The Hall–Kier alpha value is -2.82. The number of hydrogen-bond acceptors (Lipinski definition) is 5. The molecule has 1 aromatic rings. The summed E-state index contributed by atoms with van der Waals surface area (Å²) in [6.07, 6.45) is 1.14. The van der Waals surface area contributed by atoms with Gasteiger partial charge in [-0.05, 0) is 41.7 Å². The molecule has 1 spiro atoms. The Morgan fingerprint density at radius 3 is 2.62 bits per heavy atom. The summed E-state index contributed by atoms with van der Waals surface area (Å²) in [5.74, 6) is -1.76. The standard InChI is InChI=1S/C30H36F3N3O4/c1-35(2)21-17-29(38,34-27(37)23(40-30(31,32)33)15-18-9-6-5-7-10-18)26-25-19(21)16-22-20-11-8-12-24(39-26)28(20,25)13-14-36(22,3)4/h5-7,9-10,15,17,20,22,24,26,38H,8,11-14,16H2,1-4H3/p+1/t20-,22+,24-,26?,28+,29?/m0/s1. The Morgan fingerprint density at radius 1 is 1.23 bits per heavy atom. The van der Waals surface area contributed by atoms with Gasteiger partial charge >= 0.3 is 6.36 Å². The number of piperidine rings is 1. The van der Waals surface area contributed by atoms with E-state index in [0.29, 0.717) is 17.5 Å². The van der Waals surface area contributed by atoms with Crippen molar-refractivity contribution >= 4 is 12.0 Å². The van der Waals surface area contributed by atoms with Crippen molar-refractivity contribution in [3.8, 4) is 0 Å². The number of rotatable bonds is 5. The van der Waals surface area contributed by atoms with Gasteiger partial charge in [0.25, 0.3) is 5.91 Å². The predicted octanol–water partition coefficient (Wildman–Crippen LogP) is 3.93. The number of ether oxygens (including phenoxy) is 2. The third-order valence-electron chi connectivity index (χ3n) is 9.89. The molecule has 2 unspecified atom stereocenters. The highest BCUT2D eigenvalue weighted by Crippen LogP contribution is 2.67. The van der Waals surface area contributed by atoms with E-state index in [-0.39, 0.29) is 11.5 Å². The molecule has 2 bridgehead atoms. The molecule has 216 valence electrons. The first-order chi connectivity index (χ1) is 18.8. The molecule has 6 atom stereocenters. The average molecular weight is 561 g/mol. The van der Waals surface area contributed by atoms with E-state index in [1.807, 2.05) is 19.0 Å². The molecule has 6 rings (SSSR count). The van der Waals surface area contributed by atoms with Crippen molar-refractivity contribution < 1.29 is 37.0 Å². The highest BCUT2D eigenvalue weighted by Gasteiger charge is 2.71. The monoisotopic (exact) mass is 560 g/mol. The molecule has 2 saturated heterocycles. The molecular weight excluding hydrogens is 523 g/mol. The normalized spacial score (nSPS) is 36.0. The van der Waals surface area contributed by atoms with Gasteiger partial charge in [-0.3, -0.25) is 4.79 Å². The van der Waals surface area contributed by atoms with Crippen LogP contribution in [0.25, 0.3) is 6.08 Å². The lowest BCUT2D eigenvalue weighted by Crippen LogP contribution is -2.68. The minimum atomic E-state index is -5.09. The average Bonchev–Trinajstić information content (AvgIpc) is 3.22. The maximum absolute atomic E-state index is 13.5. The number of carbonyl (C=O) groups is 1. The van der Waals surface area contributed by atoms with Gasteiger partial charge in [0.05, 0.1) is 32.8 Å². The summed E-state index contributed by atoms with van der Waals surface area (Å²) in [5.41, 5.74) is 0.960. The van der Waals surface area contributed by atoms with Gasteiger partial charge in [-0.15, -0.1) is 13.2 Å². The lowest BCUT2D eigenvalue weighted by molar-refractivity contribution is -0.928. The third-order valence-corrected chi connectivity index (χ3v) is 9.89. The number of alkyl halides is 3. The highest BCUT2D eigenvalue weighted by atomic mass is 19.4. The minimum absolute atomic E-state index is 0.117. The lowest BCUT2D eigenvalue weighted by atomic mass is 9.50. The van der Waals surface area contributed by atoms with E-state index in [0.717, 1.165) is 66.1 Å². The Kier molecular flexibility index (Phi) is 6.22.